The molecule has 3 aromatic carbocycles. The number of aromatic nitrogens is 3. The maximum Gasteiger partial charge on any atom is 0.137 e. The van der Waals surface area contributed by atoms with E-state index < -0.39 is 0 Å². The van der Waals surface area contributed by atoms with Crippen LogP contribution in [-0.2, 0) is 0 Å². The van der Waals surface area contributed by atoms with Crippen LogP contribution in [0, 0.1) is 12.7 Å². The Morgan fingerprint density at radius 3 is 2.59 bits per heavy atom. The average Bonchev–Trinajstić information content (AvgIpc) is 3.37. The van der Waals surface area contributed by atoms with Crippen molar-refractivity contribution in [1.29, 1.82) is 0 Å². The molecule has 3 nitrogen and oxygen atoms in total. The van der Waals surface area contributed by atoms with E-state index in [1.165, 1.54) is 6.07 Å². The topological polar surface area (TPSA) is 44.5 Å². The molecular formula is C24H17ClFN3. The van der Waals surface area contributed by atoms with Gasteiger partial charge in [0.05, 0.1) is 16.3 Å². The van der Waals surface area contributed by atoms with Crippen LogP contribution in [0.1, 0.15) is 5.56 Å². The van der Waals surface area contributed by atoms with Crippen LogP contribution in [0.5, 0.6) is 0 Å². The molecule has 0 radical (unpaired) electrons. The van der Waals surface area contributed by atoms with Crippen molar-refractivity contribution in [2.75, 3.05) is 0 Å². The molecule has 0 amide bonds. The highest BCUT2D eigenvalue weighted by Crippen LogP contribution is 2.34. The summed E-state index contributed by atoms with van der Waals surface area (Å²) in [5.41, 5.74) is 6.46. The summed E-state index contributed by atoms with van der Waals surface area (Å²) in [5, 5.41) is 1.40. The third kappa shape index (κ3) is 3.12. The summed E-state index contributed by atoms with van der Waals surface area (Å²) in [6.45, 7) is 2.09. The van der Waals surface area contributed by atoms with Gasteiger partial charge >= 0.3 is 0 Å². The molecule has 29 heavy (non-hydrogen) atoms. The molecule has 2 aromatic heterocycles. The van der Waals surface area contributed by atoms with Crippen molar-refractivity contribution in [3.8, 4) is 33.8 Å². The highest BCUT2D eigenvalue weighted by molar-refractivity contribution is 6.33. The second-order valence-electron chi connectivity index (χ2n) is 7.05. The fourth-order valence-corrected chi connectivity index (χ4v) is 4.01. The van der Waals surface area contributed by atoms with Crippen molar-refractivity contribution < 1.29 is 4.39 Å². The quantitative estimate of drug-likeness (QED) is 0.336. The minimum atomic E-state index is -0.339. The number of hydrogen-bond acceptors (Lipinski definition) is 1. The minimum Gasteiger partial charge on any atom is -0.354 e. The second kappa shape index (κ2) is 6.90. The largest absolute Gasteiger partial charge is 0.354 e. The molecule has 0 atom stereocenters. The molecule has 0 aliphatic rings. The number of hydrogen-bond donors (Lipinski definition) is 2. The standard InChI is InChI=1S/C24H17ClFN3/c1-14-11-16(24-27-9-10-28-24)5-7-18(14)15-6-8-21-17(12-15)13-22(29-21)23-19(25)3-2-4-20(23)26/h2-13,29H,1H3,(H,27,28). The number of imidazole rings is 1. The molecule has 0 saturated carbocycles. The SMILES string of the molecule is Cc1cc(-c2ncc[nH]2)ccc1-c1ccc2[nH]c(-c3c(F)cccc3Cl)cc2c1. The van der Waals surface area contributed by atoms with Crippen molar-refractivity contribution in [3.63, 3.8) is 0 Å². The number of nitrogens with one attached hydrogen (secondary N) is 2. The first-order chi connectivity index (χ1) is 14.1. The normalized spacial score (nSPS) is 11.3. The monoisotopic (exact) mass is 401 g/mol. The summed E-state index contributed by atoms with van der Waals surface area (Å²) < 4.78 is 14.3. The number of halogens is 2. The number of aromatic amines is 2. The Kier molecular flexibility index (Phi) is 4.22. The van der Waals surface area contributed by atoms with Crippen LogP contribution < -0.4 is 0 Å². The first-order valence-electron chi connectivity index (χ1n) is 9.28. The van der Waals surface area contributed by atoms with Crippen LogP contribution in [0.25, 0.3) is 44.7 Å². The molecule has 0 fully saturated rings. The molecule has 5 aromatic rings. The van der Waals surface area contributed by atoms with E-state index in [4.69, 9.17) is 11.6 Å². The molecular weight excluding hydrogens is 385 g/mol. The summed E-state index contributed by atoms with van der Waals surface area (Å²) in [4.78, 5) is 10.7. The first-order valence-corrected chi connectivity index (χ1v) is 9.66. The molecule has 142 valence electrons. The van der Waals surface area contributed by atoms with Gasteiger partial charge in [-0.3, -0.25) is 0 Å². The van der Waals surface area contributed by atoms with Crippen LogP contribution in [0.2, 0.25) is 5.02 Å². The summed E-state index contributed by atoms with van der Waals surface area (Å²) in [6, 6.07) is 19.2. The Labute approximate surface area is 172 Å². The van der Waals surface area contributed by atoms with Crippen LogP contribution >= 0.6 is 11.6 Å². The lowest BCUT2D eigenvalue weighted by Crippen LogP contribution is -1.87. The highest BCUT2D eigenvalue weighted by atomic mass is 35.5. The van der Waals surface area contributed by atoms with Crippen LogP contribution in [-0.4, -0.2) is 15.0 Å². The van der Waals surface area contributed by atoms with Gasteiger partial charge in [-0.1, -0.05) is 35.9 Å². The van der Waals surface area contributed by atoms with Gasteiger partial charge in [-0.25, -0.2) is 9.37 Å². The molecule has 0 saturated heterocycles. The lowest BCUT2D eigenvalue weighted by molar-refractivity contribution is 0.631. The lowest BCUT2D eigenvalue weighted by atomic mass is 9.97. The number of H-pyrrole nitrogens is 2. The Morgan fingerprint density at radius 1 is 0.966 bits per heavy atom. The Bertz CT molecular complexity index is 1320. The Morgan fingerprint density at radius 2 is 1.83 bits per heavy atom. The summed E-state index contributed by atoms with van der Waals surface area (Å²) in [7, 11) is 0. The van der Waals surface area contributed by atoms with Crippen LogP contribution in [0.15, 0.2) is 73.1 Å². The molecule has 0 bridgehead atoms. The summed E-state index contributed by atoms with van der Waals surface area (Å²) in [5.74, 6) is 0.515. The van der Waals surface area contributed by atoms with E-state index >= 15 is 0 Å². The smallest absolute Gasteiger partial charge is 0.137 e. The zero-order chi connectivity index (χ0) is 20.0. The van der Waals surface area contributed by atoms with E-state index in [0.29, 0.717) is 16.3 Å². The van der Waals surface area contributed by atoms with Crippen molar-refractivity contribution in [1.82, 2.24) is 15.0 Å². The fraction of sp³-hybridized carbons (Fsp3) is 0.0417. The van der Waals surface area contributed by atoms with Gasteiger partial charge in [0.25, 0.3) is 0 Å². The van der Waals surface area contributed by atoms with E-state index in [0.717, 1.165) is 39.0 Å². The Hall–Kier alpha value is -3.37. The van der Waals surface area contributed by atoms with Crippen LogP contribution in [0.4, 0.5) is 4.39 Å². The fourth-order valence-electron chi connectivity index (χ4n) is 3.75. The number of nitrogens with zero attached hydrogens (tertiary/aromatic N) is 1. The van der Waals surface area contributed by atoms with Gasteiger partial charge in [-0.2, -0.15) is 0 Å². The zero-order valence-corrected chi connectivity index (χ0v) is 16.4. The number of benzene rings is 3. The molecule has 2 N–H and O–H groups in total. The lowest BCUT2D eigenvalue weighted by Gasteiger charge is -2.08. The Balaban J connectivity index is 1.57. The maximum atomic E-state index is 14.3. The van der Waals surface area contributed by atoms with E-state index in [9.17, 15) is 4.39 Å². The molecule has 5 heteroatoms. The van der Waals surface area contributed by atoms with Gasteiger partial charge in [0, 0.05) is 28.9 Å². The van der Waals surface area contributed by atoms with Crippen LogP contribution in [0.3, 0.4) is 0 Å². The maximum absolute atomic E-state index is 14.3. The molecule has 0 aliphatic heterocycles. The first kappa shape index (κ1) is 17.7. The van der Waals surface area contributed by atoms with Gasteiger partial charge in [0.2, 0.25) is 0 Å². The summed E-state index contributed by atoms with van der Waals surface area (Å²) >= 11 is 6.23. The highest BCUT2D eigenvalue weighted by Gasteiger charge is 2.13. The summed E-state index contributed by atoms with van der Waals surface area (Å²) in [6.07, 6.45) is 3.57. The van der Waals surface area contributed by atoms with Crippen molar-refractivity contribution in [3.05, 3.63) is 89.5 Å². The van der Waals surface area contributed by atoms with Gasteiger partial charge in [0.1, 0.15) is 11.6 Å². The van der Waals surface area contributed by atoms with E-state index in [2.05, 4.69) is 52.2 Å². The molecule has 0 unspecified atom stereocenters. The minimum absolute atomic E-state index is 0.339. The number of aryl methyl sites for hydroxylation is 1. The average molecular weight is 402 g/mol. The molecule has 5 rings (SSSR count). The number of rotatable bonds is 3. The number of fused-ring (bicyclic) bond motifs is 1. The molecule has 2 heterocycles. The second-order valence-corrected chi connectivity index (χ2v) is 7.46. The van der Waals surface area contributed by atoms with Gasteiger partial charge in [-0.15, -0.1) is 0 Å². The van der Waals surface area contributed by atoms with E-state index in [1.54, 1.807) is 18.3 Å². The van der Waals surface area contributed by atoms with Crippen molar-refractivity contribution in [2.24, 2.45) is 0 Å². The van der Waals surface area contributed by atoms with Gasteiger partial charge < -0.3 is 9.97 Å². The van der Waals surface area contributed by atoms with E-state index in [1.807, 2.05) is 18.3 Å². The third-order valence-corrected chi connectivity index (χ3v) is 5.48. The van der Waals surface area contributed by atoms with Crippen molar-refractivity contribution >= 4 is 22.5 Å². The zero-order valence-electron chi connectivity index (χ0n) is 15.6. The molecule has 0 aliphatic carbocycles. The third-order valence-electron chi connectivity index (χ3n) is 5.16. The molecule has 0 spiro atoms. The van der Waals surface area contributed by atoms with Gasteiger partial charge in [0.15, 0.2) is 0 Å². The van der Waals surface area contributed by atoms with Gasteiger partial charge in [-0.05, 0) is 60.0 Å². The predicted octanol–water partition coefficient (Wildman–Crippen LogP) is 6.99. The van der Waals surface area contributed by atoms with Crippen molar-refractivity contribution in [2.45, 2.75) is 6.92 Å². The van der Waals surface area contributed by atoms with E-state index in [-0.39, 0.29) is 5.82 Å². The predicted molar refractivity (Wildman–Crippen MR) is 116 cm³/mol.